The van der Waals surface area contributed by atoms with E-state index in [1.54, 1.807) is 38.1 Å². The van der Waals surface area contributed by atoms with Crippen LogP contribution in [0.25, 0.3) is 0 Å². The molecule has 19 heavy (non-hydrogen) atoms. The average Bonchev–Trinajstić information content (AvgIpc) is 2.36. The van der Waals surface area contributed by atoms with Crippen molar-refractivity contribution in [3.05, 3.63) is 29.8 Å². The lowest BCUT2D eigenvalue weighted by Gasteiger charge is -2.14. The maximum Gasteiger partial charge on any atom is 0.253 e. The second-order valence-electron chi connectivity index (χ2n) is 4.29. The third-order valence-electron chi connectivity index (χ3n) is 2.47. The number of nitrogens with one attached hydrogen (secondary N) is 2. The van der Waals surface area contributed by atoms with E-state index in [-0.39, 0.29) is 17.2 Å². The largest absolute Gasteiger partial charge is 0.351 e. The monoisotopic (exact) mass is 285 g/mol. The highest BCUT2D eigenvalue weighted by molar-refractivity contribution is 7.93. The van der Waals surface area contributed by atoms with Gasteiger partial charge in [-0.2, -0.15) is 0 Å². The number of sulfonamides is 1. The van der Waals surface area contributed by atoms with Gasteiger partial charge in [-0.1, -0.05) is 12.1 Å². The fourth-order valence-electron chi connectivity index (χ4n) is 1.32. The van der Waals surface area contributed by atoms with Gasteiger partial charge in [-0.25, -0.2) is 8.42 Å². The second-order valence-corrected chi connectivity index (χ2v) is 6.52. The summed E-state index contributed by atoms with van der Waals surface area (Å²) in [5.41, 5.74) is 5.86. The predicted molar refractivity (Wildman–Crippen MR) is 75.5 cm³/mol. The first-order valence-corrected chi connectivity index (χ1v) is 7.52. The maximum atomic E-state index is 11.9. The lowest BCUT2D eigenvalue weighted by molar-refractivity contribution is 0.0955. The maximum absolute atomic E-state index is 11.9. The molecule has 0 aliphatic heterocycles. The fourth-order valence-corrected chi connectivity index (χ4v) is 2.04. The average molecular weight is 285 g/mol. The van der Waals surface area contributed by atoms with Crippen LogP contribution in [0.15, 0.2) is 24.3 Å². The molecule has 0 radical (unpaired) electrons. The summed E-state index contributed by atoms with van der Waals surface area (Å²) in [5.74, 6) is -0.354. The first-order chi connectivity index (χ1) is 8.88. The fraction of sp³-hybridized carbons (Fsp3) is 0.417. The van der Waals surface area contributed by atoms with Gasteiger partial charge in [0.1, 0.15) is 0 Å². The summed E-state index contributed by atoms with van der Waals surface area (Å²) in [6, 6.07) is 6.45. The van der Waals surface area contributed by atoms with Gasteiger partial charge >= 0.3 is 0 Å². The molecule has 0 aliphatic rings. The van der Waals surface area contributed by atoms with Crippen molar-refractivity contribution in [2.24, 2.45) is 5.73 Å². The molecule has 1 amide bonds. The summed E-state index contributed by atoms with van der Waals surface area (Å²) >= 11 is 0. The zero-order valence-corrected chi connectivity index (χ0v) is 11.8. The Morgan fingerprint density at radius 2 is 1.95 bits per heavy atom. The summed E-state index contributed by atoms with van der Waals surface area (Å²) in [4.78, 5) is 11.9. The van der Waals surface area contributed by atoms with E-state index in [1.165, 1.54) is 0 Å². The molecule has 6 nitrogen and oxygen atoms in total. The molecule has 0 atom stereocenters. The van der Waals surface area contributed by atoms with Gasteiger partial charge in [-0.05, 0) is 26.0 Å². The van der Waals surface area contributed by atoms with E-state index in [1.807, 2.05) is 0 Å². The lowest BCUT2D eigenvalue weighted by Crippen LogP contribution is -2.30. The van der Waals surface area contributed by atoms with Crippen LogP contribution in [-0.4, -0.2) is 32.7 Å². The Hall–Kier alpha value is -1.60. The van der Waals surface area contributed by atoms with Gasteiger partial charge in [-0.3, -0.25) is 9.52 Å². The van der Waals surface area contributed by atoms with Crippen molar-refractivity contribution in [1.29, 1.82) is 0 Å². The number of para-hydroxylation sites is 1. The Morgan fingerprint density at radius 3 is 2.53 bits per heavy atom. The molecule has 0 saturated heterocycles. The molecular formula is C12H19N3O3S. The van der Waals surface area contributed by atoms with Crippen LogP contribution in [-0.2, 0) is 10.0 Å². The highest BCUT2D eigenvalue weighted by atomic mass is 32.2. The van der Waals surface area contributed by atoms with E-state index >= 15 is 0 Å². The minimum Gasteiger partial charge on any atom is -0.351 e. The third kappa shape index (κ3) is 4.22. The molecular weight excluding hydrogens is 266 g/mol. The smallest absolute Gasteiger partial charge is 0.253 e. The van der Waals surface area contributed by atoms with E-state index in [4.69, 9.17) is 5.73 Å². The van der Waals surface area contributed by atoms with E-state index in [9.17, 15) is 13.2 Å². The van der Waals surface area contributed by atoms with Crippen LogP contribution in [0.2, 0.25) is 0 Å². The third-order valence-corrected chi connectivity index (χ3v) is 4.22. The van der Waals surface area contributed by atoms with Gasteiger partial charge < -0.3 is 11.1 Å². The van der Waals surface area contributed by atoms with Crippen molar-refractivity contribution in [2.45, 2.75) is 19.1 Å². The lowest BCUT2D eigenvalue weighted by atomic mass is 10.1. The van der Waals surface area contributed by atoms with Crippen molar-refractivity contribution in [3.8, 4) is 0 Å². The van der Waals surface area contributed by atoms with Crippen LogP contribution < -0.4 is 15.8 Å². The molecule has 0 spiro atoms. The van der Waals surface area contributed by atoms with Crippen LogP contribution in [0.5, 0.6) is 0 Å². The predicted octanol–water partition coefficient (Wildman–Crippen LogP) is 0.525. The summed E-state index contributed by atoms with van der Waals surface area (Å²) in [5, 5.41) is 2.03. The molecule has 0 aliphatic carbocycles. The number of benzene rings is 1. The minimum absolute atomic E-state index is 0.269. The van der Waals surface area contributed by atoms with Gasteiger partial charge in [0.05, 0.1) is 16.5 Å². The Morgan fingerprint density at radius 1 is 1.32 bits per heavy atom. The van der Waals surface area contributed by atoms with Crippen LogP contribution in [0.1, 0.15) is 24.2 Å². The van der Waals surface area contributed by atoms with Crippen molar-refractivity contribution < 1.29 is 13.2 Å². The van der Waals surface area contributed by atoms with Gasteiger partial charge in [0.15, 0.2) is 0 Å². The van der Waals surface area contributed by atoms with Crippen molar-refractivity contribution in [2.75, 3.05) is 17.8 Å². The number of rotatable bonds is 6. The quantitative estimate of drug-likeness (QED) is 0.709. The number of hydrogen-bond acceptors (Lipinski definition) is 4. The molecule has 4 N–H and O–H groups in total. The Labute approximate surface area is 113 Å². The van der Waals surface area contributed by atoms with E-state index in [0.717, 1.165) is 0 Å². The molecule has 0 unspecified atom stereocenters. The zero-order chi connectivity index (χ0) is 14.5. The van der Waals surface area contributed by atoms with Gasteiger partial charge in [0.2, 0.25) is 10.0 Å². The molecule has 0 saturated carbocycles. The van der Waals surface area contributed by atoms with E-state index in [2.05, 4.69) is 10.0 Å². The molecule has 1 aromatic carbocycles. The van der Waals surface area contributed by atoms with Crippen molar-refractivity contribution >= 4 is 21.6 Å². The van der Waals surface area contributed by atoms with Crippen molar-refractivity contribution in [3.63, 3.8) is 0 Å². The topological polar surface area (TPSA) is 101 Å². The standard InChI is InChI=1S/C12H19N3O3S/c1-9(2)19(17,18)15-11-6-4-3-5-10(11)12(16)14-8-7-13/h3-6,9,15H,7-8,13H2,1-2H3,(H,14,16). The molecule has 106 valence electrons. The number of anilines is 1. The molecule has 7 heteroatoms. The van der Waals surface area contributed by atoms with Crippen molar-refractivity contribution in [1.82, 2.24) is 5.32 Å². The SMILES string of the molecule is CC(C)S(=O)(=O)Nc1ccccc1C(=O)NCCN. The molecule has 0 fully saturated rings. The van der Waals surface area contributed by atoms with E-state index < -0.39 is 15.3 Å². The Balaban J connectivity index is 3.00. The molecule has 1 rings (SSSR count). The molecule has 0 bridgehead atoms. The van der Waals surface area contributed by atoms with Crippen LogP contribution in [0.4, 0.5) is 5.69 Å². The molecule has 0 heterocycles. The highest BCUT2D eigenvalue weighted by Gasteiger charge is 2.19. The summed E-state index contributed by atoms with van der Waals surface area (Å²) in [6.45, 7) is 3.80. The van der Waals surface area contributed by atoms with Crippen LogP contribution >= 0.6 is 0 Å². The van der Waals surface area contributed by atoms with Crippen LogP contribution in [0, 0.1) is 0 Å². The summed E-state index contributed by atoms with van der Waals surface area (Å²) in [6.07, 6.45) is 0. The zero-order valence-electron chi connectivity index (χ0n) is 11.0. The van der Waals surface area contributed by atoms with Gasteiger partial charge in [0, 0.05) is 13.1 Å². The number of nitrogens with two attached hydrogens (primary N) is 1. The normalized spacial score (nSPS) is 11.4. The number of carbonyl (C=O) groups excluding carboxylic acids is 1. The first kappa shape index (κ1) is 15.5. The summed E-state index contributed by atoms with van der Waals surface area (Å²) < 4.78 is 26.1. The minimum atomic E-state index is -3.48. The second kappa shape index (κ2) is 6.53. The highest BCUT2D eigenvalue weighted by Crippen LogP contribution is 2.17. The number of carbonyl (C=O) groups is 1. The molecule has 1 aromatic rings. The summed E-state index contributed by atoms with van der Waals surface area (Å²) in [7, 11) is -3.48. The Bertz CT molecular complexity index is 541. The Kier molecular flexibility index (Phi) is 5.31. The molecule has 0 aromatic heterocycles. The van der Waals surface area contributed by atoms with E-state index in [0.29, 0.717) is 13.1 Å². The first-order valence-electron chi connectivity index (χ1n) is 5.97. The van der Waals surface area contributed by atoms with Gasteiger partial charge in [0.25, 0.3) is 5.91 Å². The number of amides is 1. The number of hydrogen-bond donors (Lipinski definition) is 3. The van der Waals surface area contributed by atoms with Gasteiger partial charge in [-0.15, -0.1) is 0 Å². The van der Waals surface area contributed by atoms with Crippen LogP contribution in [0.3, 0.4) is 0 Å².